The van der Waals surface area contributed by atoms with E-state index >= 15 is 0 Å². The van der Waals surface area contributed by atoms with Gasteiger partial charge in [0.15, 0.2) is 0 Å². The van der Waals surface area contributed by atoms with Crippen LogP contribution in [0.4, 0.5) is 0 Å². The van der Waals surface area contributed by atoms with Crippen molar-refractivity contribution < 1.29 is 33.1 Å². The molecular formula is C10H12LiO3P. The summed E-state index contributed by atoms with van der Waals surface area (Å²) >= 11 is 0. The summed E-state index contributed by atoms with van der Waals surface area (Å²) in [6.07, 6.45) is 0. The maximum absolute atomic E-state index is 11.4. The average Bonchev–Trinajstić information content (AvgIpc) is 2.01. The van der Waals surface area contributed by atoms with E-state index in [1.165, 1.54) is 0 Å². The first-order valence-electron chi connectivity index (χ1n) is 4.22. The largest absolute Gasteiger partial charge is 1.00 e. The fraction of sp³-hybridized carbons (Fsp3) is 0.300. The number of carbonyl (C=O) groups excluding carboxylic acids is 1. The predicted molar refractivity (Wildman–Crippen MR) is 54.4 cm³/mol. The maximum atomic E-state index is 11.4. The van der Waals surface area contributed by atoms with Gasteiger partial charge in [0.05, 0.1) is 5.56 Å². The molecule has 0 aromatic heterocycles. The maximum Gasteiger partial charge on any atom is 1.00 e. The summed E-state index contributed by atoms with van der Waals surface area (Å²) in [7, 11) is -1.05. The molecule has 0 spiro atoms. The molecule has 0 N–H and O–H groups in total. The van der Waals surface area contributed by atoms with Crippen molar-refractivity contribution in [3.63, 3.8) is 0 Å². The molecule has 0 bridgehead atoms. The molecule has 1 atom stereocenters. The predicted octanol–water partition coefficient (Wildman–Crippen LogP) is -1.36. The first kappa shape index (κ1) is 14.7. The van der Waals surface area contributed by atoms with Crippen molar-refractivity contribution in [2.45, 2.75) is 20.8 Å². The molecule has 5 heteroatoms. The average molecular weight is 218 g/mol. The van der Waals surface area contributed by atoms with Gasteiger partial charge in [-0.3, -0.25) is 0 Å². The Kier molecular flexibility index (Phi) is 6.17. The zero-order valence-electron chi connectivity index (χ0n) is 9.38. The molecule has 0 aliphatic rings. The first-order chi connectivity index (χ1) is 6.56. The van der Waals surface area contributed by atoms with E-state index in [2.05, 4.69) is 4.52 Å². The molecule has 0 aliphatic heterocycles. The van der Waals surface area contributed by atoms with Crippen LogP contribution >= 0.6 is 9.03 Å². The Morgan fingerprint density at radius 3 is 2.13 bits per heavy atom. The fourth-order valence-corrected chi connectivity index (χ4v) is 1.77. The molecule has 0 fully saturated rings. The van der Waals surface area contributed by atoms with Crippen LogP contribution in [0.25, 0.3) is 0 Å². The number of rotatable bonds is 2. The van der Waals surface area contributed by atoms with Gasteiger partial charge in [-0.25, -0.2) is 4.79 Å². The quantitative estimate of drug-likeness (QED) is 0.455. The minimum absolute atomic E-state index is 0. The van der Waals surface area contributed by atoms with Crippen molar-refractivity contribution in [3.8, 4) is 0 Å². The normalized spacial score (nSPS) is 10.1. The Hall–Kier alpha value is -0.323. The SMILES string of the molecule is Cc1cc(C)c(C(=O)OP[O-])c(C)c1.[Li+]. The topological polar surface area (TPSA) is 49.4 Å². The van der Waals surface area contributed by atoms with Crippen LogP contribution < -0.4 is 23.8 Å². The van der Waals surface area contributed by atoms with Gasteiger partial charge >= 0.3 is 24.8 Å². The summed E-state index contributed by atoms with van der Waals surface area (Å²) in [5.74, 6) is -0.520. The molecule has 0 saturated heterocycles. The van der Waals surface area contributed by atoms with E-state index in [1.807, 2.05) is 32.9 Å². The first-order valence-corrected chi connectivity index (χ1v) is 5.04. The molecule has 3 nitrogen and oxygen atoms in total. The number of carbonyl (C=O) groups is 1. The van der Waals surface area contributed by atoms with Crippen LogP contribution in [0.3, 0.4) is 0 Å². The molecule has 1 unspecified atom stereocenters. The van der Waals surface area contributed by atoms with Gasteiger partial charge in [0, 0.05) is 0 Å². The second kappa shape index (κ2) is 6.30. The summed E-state index contributed by atoms with van der Waals surface area (Å²) in [5.41, 5.74) is 3.32. The van der Waals surface area contributed by atoms with Crippen molar-refractivity contribution in [1.29, 1.82) is 0 Å². The molecule has 0 heterocycles. The number of benzene rings is 1. The summed E-state index contributed by atoms with van der Waals surface area (Å²) in [6.45, 7) is 5.64. The Bertz CT molecular complexity index is 343. The smallest absolute Gasteiger partial charge is 0.800 e. The fourth-order valence-electron chi connectivity index (χ4n) is 1.59. The minimum atomic E-state index is -1.05. The van der Waals surface area contributed by atoms with Crippen molar-refractivity contribution >= 4 is 15.0 Å². The van der Waals surface area contributed by atoms with Gasteiger partial charge < -0.3 is 9.42 Å². The molecule has 0 aliphatic carbocycles. The van der Waals surface area contributed by atoms with Crippen molar-refractivity contribution in [1.82, 2.24) is 0 Å². The van der Waals surface area contributed by atoms with Crippen LogP contribution in [0.5, 0.6) is 0 Å². The third kappa shape index (κ3) is 3.63. The Balaban J connectivity index is 0.00000196. The van der Waals surface area contributed by atoms with Crippen LogP contribution in [0.15, 0.2) is 12.1 Å². The van der Waals surface area contributed by atoms with E-state index in [-0.39, 0.29) is 18.9 Å². The van der Waals surface area contributed by atoms with Gasteiger partial charge in [0.2, 0.25) is 0 Å². The van der Waals surface area contributed by atoms with Crippen LogP contribution in [0, 0.1) is 20.8 Å². The Morgan fingerprint density at radius 1 is 1.27 bits per heavy atom. The van der Waals surface area contributed by atoms with Crippen molar-refractivity contribution in [3.05, 3.63) is 34.4 Å². The van der Waals surface area contributed by atoms with E-state index in [0.717, 1.165) is 16.7 Å². The Labute approximate surface area is 103 Å². The Morgan fingerprint density at radius 2 is 1.73 bits per heavy atom. The molecule has 76 valence electrons. The van der Waals surface area contributed by atoms with Crippen LogP contribution in [-0.2, 0) is 4.52 Å². The van der Waals surface area contributed by atoms with Gasteiger partial charge in [-0.15, -0.1) is 0 Å². The van der Waals surface area contributed by atoms with E-state index in [0.29, 0.717) is 5.56 Å². The second-order valence-corrected chi connectivity index (χ2v) is 3.62. The second-order valence-electron chi connectivity index (χ2n) is 3.25. The molecule has 15 heavy (non-hydrogen) atoms. The van der Waals surface area contributed by atoms with Gasteiger partial charge in [-0.2, -0.15) is 0 Å². The molecule has 1 rings (SSSR count). The van der Waals surface area contributed by atoms with E-state index in [9.17, 15) is 9.69 Å². The van der Waals surface area contributed by atoms with E-state index in [1.54, 1.807) is 0 Å². The summed E-state index contributed by atoms with van der Waals surface area (Å²) in [5, 5.41) is 0. The van der Waals surface area contributed by atoms with Crippen molar-refractivity contribution in [2.24, 2.45) is 0 Å². The minimum Gasteiger partial charge on any atom is -0.800 e. The molecule has 0 amide bonds. The van der Waals surface area contributed by atoms with Crippen molar-refractivity contribution in [2.75, 3.05) is 0 Å². The summed E-state index contributed by atoms with van der Waals surface area (Å²) in [6, 6.07) is 3.80. The summed E-state index contributed by atoms with van der Waals surface area (Å²) in [4.78, 5) is 21.6. The number of hydrogen-bond acceptors (Lipinski definition) is 3. The standard InChI is InChI=1S/C10H12O3P.Li/c1-6-4-7(2)9(8(3)5-6)10(11)13-14-12;/h4-5,14H,1-3H3;/q-1;+1. The number of aryl methyl sites for hydroxylation is 3. The van der Waals surface area contributed by atoms with Crippen LogP contribution in [-0.4, -0.2) is 5.97 Å². The van der Waals surface area contributed by atoms with Crippen LogP contribution in [0.2, 0.25) is 0 Å². The molecule has 1 aromatic rings. The molecule has 1 aromatic carbocycles. The third-order valence-electron chi connectivity index (χ3n) is 2.02. The van der Waals surface area contributed by atoms with Gasteiger partial charge in [-0.1, -0.05) is 17.7 Å². The van der Waals surface area contributed by atoms with Gasteiger partial charge in [-0.05, 0) is 40.9 Å². The molecular weight excluding hydrogens is 206 g/mol. The monoisotopic (exact) mass is 218 g/mol. The number of hydrogen-bond donors (Lipinski definition) is 0. The van der Waals surface area contributed by atoms with Gasteiger partial charge in [0.1, 0.15) is 0 Å². The van der Waals surface area contributed by atoms with Crippen LogP contribution in [0.1, 0.15) is 27.0 Å². The molecule has 0 radical (unpaired) electrons. The third-order valence-corrected chi connectivity index (χ3v) is 2.28. The van der Waals surface area contributed by atoms with Gasteiger partial charge in [0.25, 0.3) is 0 Å². The zero-order valence-corrected chi connectivity index (χ0v) is 10.4. The van der Waals surface area contributed by atoms with E-state index in [4.69, 9.17) is 0 Å². The molecule has 0 saturated carbocycles. The zero-order chi connectivity index (χ0) is 10.7. The van der Waals surface area contributed by atoms with E-state index < -0.39 is 15.0 Å². The summed E-state index contributed by atoms with van der Waals surface area (Å²) < 4.78 is 4.46.